The first-order valence-corrected chi connectivity index (χ1v) is 7.63. The van der Waals surface area contributed by atoms with Gasteiger partial charge in [0.25, 0.3) is 0 Å². The number of nitrogens with zero attached hydrogens (tertiary/aromatic N) is 2. The maximum atomic E-state index is 6.38. The number of hydrogen-bond acceptors (Lipinski definition) is 4. The monoisotopic (exact) mass is 301 g/mol. The van der Waals surface area contributed by atoms with Crippen LogP contribution in [0.5, 0.6) is 0 Å². The van der Waals surface area contributed by atoms with Crippen molar-refractivity contribution in [1.82, 2.24) is 15.1 Å². The zero-order valence-corrected chi connectivity index (χ0v) is 13.2. The third kappa shape index (κ3) is 2.86. The molecule has 1 fully saturated rings. The molecule has 0 aliphatic carbocycles. The van der Waals surface area contributed by atoms with Crippen LogP contribution in [-0.4, -0.2) is 42.2 Å². The van der Waals surface area contributed by atoms with Gasteiger partial charge in [0, 0.05) is 39.7 Å². The van der Waals surface area contributed by atoms with Crippen LogP contribution < -0.4 is 5.32 Å². The Labute approximate surface area is 125 Å². The summed E-state index contributed by atoms with van der Waals surface area (Å²) < 4.78 is 13.4. The van der Waals surface area contributed by atoms with E-state index in [9.17, 15) is 0 Å². The highest BCUT2D eigenvalue weighted by molar-refractivity contribution is 6.31. The van der Waals surface area contributed by atoms with Crippen LogP contribution in [0.3, 0.4) is 0 Å². The van der Waals surface area contributed by atoms with Gasteiger partial charge in [0.05, 0.1) is 28.6 Å². The van der Waals surface area contributed by atoms with Gasteiger partial charge in [-0.05, 0) is 13.5 Å². The van der Waals surface area contributed by atoms with Gasteiger partial charge in [0.2, 0.25) is 0 Å². The molecular formula is C14H24ClN3O2. The van der Waals surface area contributed by atoms with Crippen LogP contribution in [0, 0.1) is 0 Å². The molecule has 1 N–H and O–H groups in total. The van der Waals surface area contributed by atoms with Crippen LogP contribution in [0.25, 0.3) is 0 Å². The van der Waals surface area contributed by atoms with Gasteiger partial charge in [0.1, 0.15) is 0 Å². The predicted molar refractivity (Wildman–Crippen MR) is 79.1 cm³/mol. The summed E-state index contributed by atoms with van der Waals surface area (Å²) in [4.78, 5) is 0. The summed E-state index contributed by atoms with van der Waals surface area (Å²) in [7, 11) is 1.77. The molecule has 0 bridgehead atoms. The van der Waals surface area contributed by atoms with Crippen molar-refractivity contribution in [1.29, 1.82) is 0 Å². The van der Waals surface area contributed by atoms with Crippen molar-refractivity contribution >= 4 is 11.6 Å². The average Bonchev–Trinajstić information content (AvgIpc) is 2.86. The number of likely N-dealkylation sites (N-methyl/N-ethyl adjacent to an activating group) is 1. The fourth-order valence-corrected chi connectivity index (χ4v) is 3.22. The number of aryl methyl sites for hydroxylation is 1. The van der Waals surface area contributed by atoms with Crippen molar-refractivity contribution in [3.8, 4) is 0 Å². The Morgan fingerprint density at radius 2 is 2.20 bits per heavy atom. The van der Waals surface area contributed by atoms with E-state index >= 15 is 0 Å². The first-order valence-electron chi connectivity index (χ1n) is 7.26. The van der Waals surface area contributed by atoms with E-state index in [-0.39, 0.29) is 11.6 Å². The first-order chi connectivity index (χ1) is 9.68. The Morgan fingerprint density at radius 3 is 2.75 bits per heavy atom. The van der Waals surface area contributed by atoms with Crippen molar-refractivity contribution in [2.45, 2.75) is 44.9 Å². The van der Waals surface area contributed by atoms with Crippen LogP contribution >= 0.6 is 11.6 Å². The number of hydrogen-bond donors (Lipinski definition) is 1. The van der Waals surface area contributed by atoms with Crippen LogP contribution in [0.15, 0.2) is 6.20 Å². The van der Waals surface area contributed by atoms with Gasteiger partial charge in [-0.1, -0.05) is 18.5 Å². The zero-order valence-electron chi connectivity index (χ0n) is 12.5. The lowest BCUT2D eigenvalue weighted by Crippen LogP contribution is -2.50. The van der Waals surface area contributed by atoms with Gasteiger partial charge >= 0.3 is 0 Å². The fraction of sp³-hybridized carbons (Fsp3) is 0.786. The Kier molecular flexibility index (Phi) is 5.43. The molecule has 1 saturated heterocycles. The first kappa shape index (κ1) is 15.8. The highest BCUT2D eigenvalue weighted by atomic mass is 35.5. The number of ether oxygens (including phenoxy) is 2. The van der Waals surface area contributed by atoms with Crippen LogP contribution in [0.2, 0.25) is 5.02 Å². The van der Waals surface area contributed by atoms with Crippen LogP contribution in [0.4, 0.5) is 0 Å². The van der Waals surface area contributed by atoms with Gasteiger partial charge in [-0.3, -0.25) is 4.68 Å². The molecule has 1 aromatic rings. The Morgan fingerprint density at radius 1 is 1.50 bits per heavy atom. The summed E-state index contributed by atoms with van der Waals surface area (Å²) in [5, 5.41) is 8.59. The lowest BCUT2D eigenvalue weighted by Gasteiger charge is -2.42. The van der Waals surface area contributed by atoms with Crippen molar-refractivity contribution in [3.63, 3.8) is 0 Å². The quantitative estimate of drug-likeness (QED) is 0.876. The van der Waals surface area contributed by atoms with Crippen molar-refractivity contribution in [2.75, 3.05) is 26.9 Å². The van der Waals surface area contributed by atoms with Crippen molar-refractivity contribution in [2.24, 2.45) is 0 Å². The number of aromatic nitrogens is 2. The maximum absolute atomic E-state index is 6.38. The van der Waals surface area contributed by atoms with Crippen molar-refractivity contribution < 1.29 is 9.47 Å². The van der Waals surface area contributed by atoms with Crippen LogP contribution in [-0.2, 0) is 16.0 Å². The van der Waals surface area contributed by atoms with E-state index in [4.69, 9.17) is 21.1 Å². The SMILES string of the molecule is CCNC(c1c(Cl)cnn1CC)C1(OC)CCOCC1. The third-order valence-corrected chi connectivity index (χ3v) is 4.38. The van der Waals surface area contributed by atoms with E-state index in [1.54, 1.807) is 13.3 Å². The Balaban J connectivity index is 2.40. The molecule has 5 nitrogen and oxygen atoms in total. The topological polar surface area (TPSA) is 48.3 Å². The molecule has 0 spiro atoms. The van der Waals surface area contributed by atoms with Gasteiger partial charge in [-0.2, -0.15) is 5.10 Å². The largest absolute Gasteiger partial charge is 0.381 e. The summed E-state index contributed by atoms with van der Waals surface area (Å²) in [6, 6.07) is 0.0244. The molecule has 20 heavy (non-hydrogen) atoms. The normalized spacial score (nSPS) is 20.0. The van der Waals surface area contributed by atoms with Gasteiger partial charge in [0.15, 0.2) is 0 Å². The molecule has 1 aliphatic rings. The van der Waals surface area contributed by atoms with E-state index in [2.05, 4.69) is 24.3 Å². The summed E-state index contributed by atoms with van der Waals surface area (Å²) in [5.41, 5.74) is 0.727. The summed E-state index contributed by atoms with van der Waals surface area (Å²) >= 11 is 6.38. The number of nitrogens with one attached hydrogen (secondary N) is 1. The fourth-order valence-electron chi connectivity index (χ4n) is 2.97. The average molecular weight is 302 g/mol. The maximum Gasteiger partial charge on any atom is 0.0932 e. The molecule has 6 heteroatoms. The van der Waals surface area contributed by atoms with Gasteiger partial charge in [-0.15, -0.1) is 0 Å². The Bertz CT molecular complexity index is 430. The van der Waals surface area contributed by atoms with E-state index in [1.807, 2.05) is 4.68 Å². The zero-order chi connectivity index (χ0) is 14.6. The van der Waals surface area contributed by atoms with E-state index in [1.165, 1.54) is 0 Å². The van der Waals surface area contributed by atoms with Gasteiger partial charge < -0.3 is 14.8 Å². The molecule has 1 aliphatic heterocycles. The molecule has 0 aromatic carbocycles. The second-order valence-electron chi connectivity index (χ2n) is 5.07. The highest BCUT2D eigenvalue weighted by Crippen LogP contribution is 2.39. The summed E-state index contributed by atoms with van der Waals surface area (Å²) in [6.07, 6.45) is 3.42. The van der Waals surface area contributed by atoms with Crippen LogP contribution in [0.1, 0.15) is 38.4 Å². The molecule has 0 radical (unpaired) electrons. The number of methoxy groups -OCH3 is 1. The summed E-state index contributed by atoms with van der Waals surface area (Å²) in [5.74, 6) is 0. The molecule has 2 heterocycles. The molecule has 114 valence electrons. The standard InChI is InChI=1S/C14H24ClN3O2/c1-4-16-13(12-11(15)10-17-18(12)5-2)14(19-3)6-8-20-9-7-14/h10,13,16H,4-9H2,1-3H3. The number of halogens is 1. The smallest absolute Gasteiger partial charge is 0.0932 e. The molecule has 1 aromatic heterocycles. The molecule has 1 unspecified atom stereocenters. The molecule has 2 rings (SSSR count). The minimum absolute atomic E-state index is 0.0244. The predicted octanol–water partition coefficient (Wildman–Crippen LogP) is 2.40. The lowest BCUT2D eigenvalue weighted by atomic mass is 9.84. The number of rotatable bonds is 6. The second-order valence-corrected chi connectivity index (χ2v) is 5.47. The minimum atomic E-state index is -0.287. The van der Waals surface area contributed by atoms with Gasteiger partial charge in [-0.25, -0.2) is 0 Å². The van der Waals surface area contributed by atoms with E-state index in [0.29, 0.717) is 18.2 Å². The second kappa shape index (κ2) is 6.89. The molecule has 1 atom stereocenters. The third-order valence-electron chi connectivity index (χ3n) is 4.09. The van der Waals surface area contributed by atoms with E-state index in [0.717, 1.165) is 31.6 Å². The summed E-state index contributed by atoms with van der Waals surface area (Å²) in [6.45, 7) is 7.23. The molecule has 0 saturated carbocycles. The highest BCUT2D eigenvalue weighted by Gasteiger charge is 2.43. The van der Waals surface area contributed by atoms with E-state index < -0.39 is 0 Å². The Hall–Kier alpha value is -0.620. The molecular weight excluding hydrogens is 278 g/mol. The minimum Gasteiger partial charge on any atom is -0.381 e. The molecule has 0 amide bonds. The lowest BCUT2D eigenvalue weighted by molar-refractivity contribution is -0.112. The van der Waals surface area contributed by atoms with Crippen molar-refractivity contribution in [3.05, 3.63) is 16.9 Å².